The van der Waals surface area contributed by atoms with E-state index in [0.29, 0.717) is 0 Å². The van der Waals surface area contributed by atoms with Crippen LogP contribution in [-0.4, -0.2) is 22.2 Å². The number of carboxylic acids is 1. The maximum Gasteiger partial charge on any atom is 0.316 e. The van der Waals surface area contributed by atoms with E-state index in [1.807, 2.05) is 0 Å². The van der Waals surface area contributed by atoms with E-state index >= 15 is 0 Å². The molecular formula is C5H11NO3S. The summed E-state index contributed by atoms with van der Waals surface area (Å²) in [5.74, 6) is -1.21. The molecule has 0 rings (SSSR count). The van der Waals surface area contributed by atoms with Crippen molar-refractivity contribution in [3.63, 3.8) is 0 Å². The number of amides is 1. The van der Waals surface area contributed by atoms with E-state index in [1.165, 1.54) is 13.8 Å². The predicted molar refractivity (Wildman–Crippen MR) is 41.0 cm³/mol. The Morgan fingerprint density at radius 2 is 1.70 bits per heavy atom. The van der Waals surface area contributed by atoms with Crippen LogP contribution < -0.4 is 5.73 Å². The molecule has 0 bridgehead atoms. The minimum atomic E-state index is -0.877. The largest absolute Gasteiger partial charge is 0.480 e. The van der Waals surface area contributed by atoms with Gasteiger partial charge in [-0.25, -0.2) is 0 Å². The molecule has 60 valence electrons. The van der Waals surface area contributed by atoms with Crippen molar-refractivity contribution in [2.24, 2.45) is 5.73 Å². The number of hydrogen-bond donors (Lipinski definition) is 3. The van der Waals surface area contributed by atoms with Crippen LogP contribution in [0, 0.1) is 0 Å². The molecule has 0 radical (unpaired) electrons. The number of carbonyl (C=O) groups excluding carboxylic acids is 1. The molecule has 0 aliphatic heterocycles. The van der Waals surface area contributed by atoms with Gasteiger partial charge in [0.05, 0.1) is 5.25 Å². The third-order valence-corrected chi connectivity index (χ3v) is 0.578. The minimum absolute atomic E-state index is 0.333. The van der Waals surface area contributed by atoms with Gasteiger partial charge in [-0.05, 0) is 6.92 Å². The zero-order valence-electron chi connectivity index (χ0n) is 5.87. The highest BCUT2D eigenvalue weighted by Crippen LogP contribution is 1.88. The maximum absolute atomic E-state index is 9.62. The highest BCUT2D eigenvalue weighted by atomic mass is 32.1. The van der Waals surface area contributed by atoms with Gasteiger partial charge in [0, 0.05) is 6.92 Å². The first kappa shape index (κ1) is 12.0. The summed E-state index contributed by atoms with van der Waals surface area (Å²) in [4.78, 5) is 18.8. The first-order valence-electron chi connectivity index (χ1n) is 2.54. The van der Waals surface area contributed by atoms with E-state index in [4.69, 9.17) is 5.11 Å². The Morgan fingerprint density at radius 3 is 1.70 bits per heavy atom. The number of rotatable bonds is 1. The van der Waals surface area contributed by atoms with Crippen molar-refractivity contribution in [2.75, 3.05) is 0 Å². The molecule has 0 aromatic carbocycles. The van der Waals surface area contributed by atoms with Gasteiger partial charge in [-0.15, -0.1) is 0 Å². The Hall–Kier alpha value is -0.710. The fourth-order valence-electron chi connectivity index (χ4n) is 0. The fourth-order valence-corrected chi connectivity index (χ4v) is 0. The standard InChI is InChI=1S/C3H6O2S.C2H5NO/c1-2(6)3(4)5;1-2(3)4/h2,6H,1H3,(H,4,5);1H3,(H2,3,4). The molecule has 0 saturated carbocycles. The van der Waals surface area contributed by atoms with Crippen molar-refractivity contribution in [3.05, 3.63) is 0 Å². The molecule has 0 heterocycles. The monoisotopic (exact) mass is 165 g/mol. The number of carbonyl (C=O) groups is 2. The van der Waals surface area contributed by atoms with Gasteiger partial charge in [-0.2, -0.15) is 12.6 Å². The van der Waals surface area contributed by atoms with Crippen LogP contribution >= 0.6 is 12.6 Å². The highest BCUT2D eigenvalue weighted by molar-refractivity contribution is 7.81. The zero-order chi connectivity index (χ0) is 8.73. The molecule has 1 unspecified atom stereocenters. The van der Waals surface area contributed by atoms with Gasteiger partial charge in [0.2, 0.25) is 5.91 Å². The third-order valence-electron chi connectivity index (χ3n) is 0.357. The lowest BCUT2D eigenvalue weighted by molar-refractivity contribution is -0.136. The van der Waals surface area contributed by atoms with Crippen LogP contribution in [0.3, 0.4) is 0 Å². The maximum atomic E-state index is 9.62. The summed E-state index contributed by atoms with van der Waals surface area (Å²) in [5.41, 5.74) is 4.47. The molecule has 0 aliphatic rings. The lowest BCUT2D eigenvalue weighted by Gasteiger charge is -1.88. The molecule has 10 heavy (non-hydrogen) atoms. The van der Waals surface area contributed by atoms with Crippen LogP contribution in [0.2, 0.25) is 0 Å². The smallest absolute Gasteiger partial charge is 0.316 e. The lowest BCUT2D eigenvalue weighted by atomic mass is 10.5. The minimum Gasteiger partial charge on any atom is -0.480 e. The summed E-state index contributed by atoms with van der Waals surface area (Å²) in [7, 11) is 0. The second-order valence-corrected chi connectivity index (χ2v) is 2.40. The zero-order valence-corrected chi connectivity index (χ0v) is 6.76. The second kappa shape index (κ2) is 6.41. The Bertz CT molecular complexity index is 120. The summed E-state index contributed by atoms with van der Waals surface area (Å²) >= 11 is 3.59. The van der Waals surface area contributed by atoms with E-state index < -0.39 is 11.2 Å². The topological polar surface area (TPSA) is 80.4 Å². The molecule has 0 aromatic heterocycles. The Balaban J connectivity index is 0. The molecule has 0 fully saturated rings. The van der Waals surface area contributed by atoms with E-state index in [0.717, 1.165) is 0 Å². The number of hydrogen-bond acceptors (Lipinski definition) is 3. The molecule has 0 spiro atoms. The van der Waals surface area contributed by atoms with Crippen molar-refractivity contribution in [1.82, 2.24) is 0 Å². The van der Waals surface area contributed by atoms with Gasteiger partial charge in [-0.1, -0.05) is 0 Å². The highest BCUT2D eigenvalue weighted by Gasteiger charge is 2.00. The first-order valence-corrected chi connectivity index (χ1v) is 3.06. The molecule has 0 aliphatic carbocycles. The van der Waals surface area contributed by atoms with Crippen LogP contribution in [0.4, 0.5) is 0 Å². The SMILES string of the molecule is CC(N)=O.CC(S)C(=O)O. The number of nitrogens with two attached hydrogens (primary N) is 1. The molecule has 1 amide bonds. The summed E-state index contributed by atoms with van der Waals surface area (Å²) < 4.78 is 0. The number of thiol groups is 1. The van der Waals surface area contributed by atoms with Crippen LogP contribution in [0.15, 0.2) is 0 Å². The third kappa shape index (κ3) is 26.6. The van der Waals surface area contributed by atoms with Gasteiger partial charge in [0.25, 0.3) is 0 Å². The quantitative estimate of drug-likeness (QED) is 0.474. The van der Waals surface area contributed by atoms with E-state index in [1.54, 1.807) is 0 Å². The average Bonchev–Trinajstić information content (AvgIpc) is 1.63. The summed E-state index contributed by atoms with van der Waals surface area (Å²) in [6, 6.07) is 0. The molecule has 4 nitrogen and oxygen atoms in total. The van der Waals surface area contributed by atoms with Crippen LogP contribution in [0.5, 0.6) is 0 Å². The van der Waals surface area contributed by atoms with E-state index in [9.17, 15) is 9.59 Å². The van der Waals surface area contributed by atoms with E-state index in [-0.39, 0.29) is 5.91 Å². The summed E-state index contributed by atoms with van der Waals surface area (Å²) in [6.07, 6.45) is 0. The Labute approximate surface area is 64.8 Å². The predicted octanol–water partition coefficient (Wildman–Crippen LogP) is -0.119. The molecule has 0 aromatic rings. The van der Waals surface area contributed by atoms with Crippen molar-refractivity contribution in [2.45, 2.75) is 19.1 Å². The van der Waals surface area contributed by atoms with Crippen LogP contribution in [0.1, 0.15) is 13.8 Å². The molecule has 5 heteroatoms. The average molecular weight is 165 g/mol. The molecule has 0 saturated heterocycles. The van der Waals surface area contributed by atoms with Gasteiger partial charge in [-0.3, -0.25) is 9.59 Å². The molecule has 1 atom stereocenters. The van der Waals surface area contributed by atoms with Gasteiger partial charge >= 0.3 is 5.97 Å². The van der Waals surface area contributed by atoms with Crippen LogP contribution in [-0.2, 0) is 9.59 Å². The normalized spacial score (nSPS) is 10.7. The molecular weight excluding hydrogens is 154 g/mol. The lowest BCUT2D eigenvalue weighted by Crippen LogP contribution is -2.06. The van der Waals surface area contributed by atoms with E-state index in [2.05, 4.69) is 18.4 Å². The van der Waals surface area contributed by atoms with Gasteiger partial charge in [0.1, 0.15) is 0 Å². The first-order chi connectivity index (χ1) is 4.37. The number of aliphatic carboxylic acids is 1. The number of primary amides is 1. The fraction of sp³-hybridized carbons (Fsp3) is 0.600. The van der Waals surface area contributed by atoms with Gasteiger partial charge < -0.3 is 10.8 Å². The molecule has 3 N–H and O–H groups in total. The Morgan fingerprint density at radius 1 is 1.60 bits per heavy atom. The summed E-state index contributed by atoms with van der Waals surface area (Å²) in [5, 5.41) is 7.38. The van der Waals surface area contributed by atoms with Crippen molar-refractivity contribution >= 4 is 24.5 Å². The number of carboxylic acid groups (broad SMARTS) is 1. The summed E-state index contributed by atoms with van der Waals surface area (Å²) in [6.45, 7) is 2.81. The Kier molecular flexibility index (Phi) is 7.70. The second-order valence-electron chi connectivity index (χ2n) is 1.62. The van der Waals surface area contributed by atoms with Crippen molar-refractivity contribution in [1.29, 1.82) is 0 Å². The van der Waals surface area contributed by atoms with Crippen LogP contribution in [0.25, 0.3) is 0 Å². The van der Waals surface area contributed by atoms with Crippen molar-refractivity contribution in [3.8, 4) is 0 Å². The van der Waals surface area contributed by atoms with Crippen molar-refractivity contribution < 1.29 is 14.7 Å². The van der Waals surface area contributed by atoms with Gasteiger partial charge in [0.15, 0.2) is 0 Å².